The van der Waals surface area contributed by atoms with Crippen molar-refractivity contribution < 1.29 is 0 Å². The number of guanidine groups is 1. The highest BCUT2D eigenvalue weighted by Crippen LogP contribution is 2.08. The molecule has 2 rings (SSSR count). The summed E-state index contributed by atoms with van der Waals surface area (Å²) < 4.78 is 2.08. The molecule has 1 aliphatic heterocycles. The largest absolute Gasteiger partial charge is 0.355 e. The van der Waals surface area contributed by atoms with Crippen molar-refractivity contribution in [3.05, 3.63) is 12.2 Å². The van der Waals surface area contributed by atoms with Gasteiger partial charge in [0.15, 0.2) is 5.96 Å². The van der Waals surface area contributed by atoms with Crippen molar-refractivity contribution in [1.29, 1.82) is 0 Å². The lowest BCUT2D eigenvalue weighted by molar-refractivity contribution is 0.289. The van der Waals surface area contributed by atoms with Crippen molar-refractivity contribution in [1.82, 2.24) is 30.3 Å². The van der Waals surface area contributed by atoms with Crippen LogP contribution >= 0.6 is 0 Å². The van der Waals surface area contributed by atoms with E-state index in [0.29, 0.717) is 0 Å². The molecule has 0 bridgehead atoms. The van der Waals surface area contributed by atoms with Gasteiger partial charge in [-0.15, -0.1) is 10.2 Å². The molecule has 0 aliphatic carbocycles. The highest BCUT2D eigenvalue weighted by molar-refractivity contribution is 5.79. The molecule has 7 nitrogen and oxygen atoms in total. The van der Waals surface area contributed by atoms with Gasteiger partial charge in [-0.1, -0.05) is 19.8 Å². The molecule has 0 atom stereocenters. The lowest BCUT2D eigenvalue weighted by atomic mass is 10.2. The van der Waals surface area contributed by atoms with Gasteiger partial charge in [-0.05, 0) is 25.9 Å². The standard InChI is InChI=1S/C16H31N7/c1-3-15-21-20-14-23(15)13-9-19-16(17-2)18-8-12-22-10-6-4-5-7-11-22/h14H,3-13H2,1-2H3,(H2,17,18,19). The van der Waals surface area contributed by atoms with E-state index in [1.165, 1.54) is 38.8 Å². The maximum atomic E-state index is 4.29. The number of nitrogens with zero attached hydrogens (tertiary/aromatic N) is 5. The number of hydrogen-bond donors (Lipinski definition) is 2. The summed E-state index contributed by atoms with van der Waals surface area (Å²) in [5.74, 6) is 1.89. The molecule has 0 radical (unpaired) electrons. The van der Waals surface area contributed by atoms with Crippen LogP contribution in [0.1, 0.15) is 38.4 Å². The maximum Gasteiger partial charge on any atom is 0.191 e. The van der Waals surface area contributed by atoms with Gasteiger partial charge in [0, 0.05) is 39.6 Å². The second-order valence-electron chi connectivity index (χ2n) is 5.98. The topological polar surface area (TPSA) is 70.4 Å². The third-order valence-corrected chi connectivity index (χ3v) is 4.30. The Hall–Kier alpha value is -1.63. The van der Waals surface area contributed by atoms with Gasteiger partial charge in [0.05, 0.1) is 0 Å². The number of hydrogen-bond acceptors (Lipinski definition) is 4. The molecule has 1 fully saturated rings. The van der Waals surface area contributed by atoms with Crippen LogP contribution in [0.2, 0.25) is 0 Å². The Morgan fingerprint density at radius 2 is 1.83 bits per heavy atom. The summed E-state index contributed by atoms with van der Waals surface area (Å²) in [5.41, 5.74) is 0. The van der Waals surface area contributed by atoms with Crippen molar-refractivity contribution in [3.63, 3.8) is 0 Å². The monoisotopic (exact) mass is 321 g/mol. The Bertz CT molecular complexity index is 461. The van der Waals surface area contributed by atoms with Crippen LogP contribution in [0.4, 0.5) is 0 Å². The van der Waals surface area contributed by atoms with Gasteiger partial charge in [0.1, 0.15) is 12.2 Å². The lowest BCUT2D eigenvalue weighted by Gasteiger charge is -2.20. The fraction of sp³-hybridized carbons (Fsp3) is 0.812. The van der Waals surface area contributed by atoms with Crippen LogP contribution in [0.25, 0.3) is 0 Å². The Labute approximate surface area is 139 Å². The average molecular weight is 321 g/mol. The van der Waals surface area contributed by atoms with Crippen molar-refractivity contribution >= 4 is 5.96 Å². The summed E-state index contributed by atoms with van der Waals surface area (Å²) in [6.07, 6.45) is 8.14. The quantitative estimate of drug-likeness (QED) is 0.576. The summed E-state index contributed by atoms with van der Waals surface area (Å²) in [7, 11) is 1.82. The third kappa shape index (κ3) is 6.17. The van der Waals surface area contributed by atoms with E-state index in [2.05, 4.69) is 42.2 Å². The minimum Gasteiger partial charge on any atom is -0.355 e. The zero-order valence-electron chi connectivity index (χ0n) is 14.6. The predicted molar refractivity (Wildman–Crippen MR) is 93.7 cm³/mol. The second kappa shape index (κ2) is 10.2. The average Bonchev–Trinajstić information content (AvgIpc) is 2.87. The van der Waals surface area contributed by atoms with Crippen LogP contribution in [0.3, 0.4) is 0 Å². The second-order valence-corrected chi connectivity index (χ2v) is 5.98. The zero-order chi connectivity index (χ0) is 16.3. The molecular formula is C16H31N7. The molecule has 1 aliphatic rings. The zero-order valence-corrected chi connectivity index (χ0v) is 14.6. The van der Waals surface area contributed by atoms with Crippen LogP contribution in [-0.2, 0) is 13.0 Å². The molecule has 0 saturated carbocycles. The Morgan fingerprint density at radius 1 is 1.13 bits per heavy atom. The fourth-order valence-electron chi connectivity index (χ4n) is 2.95. The van der Waals surface area contributed by atoms with Gasteiger partial charge >= 0.3 is 0 Å². The molecule has 23 heavy (non-hydrogen) atoms. The van der Waals surface area contributed by atoms with Gasteiger partial charge in [-0.25, -0.2) is 0 Å². The number of rotatable bonds is 7. The molecule has 0 spiro atoms. The van der Waals surface area contributed by atoms with Crippen LogP contribution in [-0.4, -0.2) is 65.4 Å². The molecule has 1 aromatic heterocycles. The Kier molecular flexibility index (Phi) is 7.86. The molecule has 7 heteroatoms. The first-order chi connectivity index (χ1) is 11.3. The highest BCUT2D eigenvalue weighted by atomic mass is 15.3. The molecule has 0 amide bonds. The number of likely N-dealkylation sites (tertiary alicyclic amines) is 1. The third-order valence-electron chi connectivity index (χ3n) is 4.30. The maximum absolute atomic E-state index is 4.29. The summed E-state index contributed by atoms with van der Waals surface area (Å²) in [4.78, 5) is 6.84. The molecule has 2 N–H and O–H groups in total. The normalized spacial score (nSPS) is 17.0. The Balaban J connectivity index is 1.63. The Morgan fingerprint density at radius 3 is 2.48 bits per heavy atom. The summed E-state index contributed by atoms with van der Waals surface area (Å²) in [6.45, 7) is 8.26. The van der Waals surface area contributed by atoms with E-state index in [-0.39, 0.29) is 0 Å². The van der Waals surface area contributed by atoms with E-state index in [0.717, 1.165) is 44.4 Å². The van der Waals surface area contributed by atoms with E-state index in [4.69, 9.17) is 0 Å². The molecule has 1 saturated heterocycles. The first-order valence-electron chi connectivity index (χ1n) is 8.87. The van der Waals surface area contributed by atoms with E-state index in [9.17, 15) is 0 Å². The fourth-order valence-corrected chi connectivity index (χ4v) is 2.95. The summed E-state index contributed by atoms with van der Waals surface area (Å²) in [6, 6.07) is 0. The highest BCUT2D eigenvalue weighted by Gasteiger charge is 2.08. The minimum atomic E-state index is 0.814. The van der Waals surface area contributed by atoms with E-state index < -0.39 is 0 Å². The van der Waals surface area contributed by atoms with Crippen LogP contribution in [0.5, 0.6) is 0 Å². The van der Waals surface area contributed by atoms with E-state index in [1.54, 1.807) is 6.33 Å². The smallest absolute Gasteiger partial charge is 0.191 e. The van der Waals surface area contributed by atoms with Crippen molar-refractivity contribution in [2.24, 2.45) is 4.99 Å². The number of aliphatic imine (C=N–C) groups is 1. The predicted octanol–water partition coefficient (Wildman–Crippen LogP) is 0.882. The molecule has 0 aromatic carbocycles. The van der Waals surface area contributed by atoms with Gasteiger partial charge < -0.3 is 20.1 Å². The molecule has 1 aromatic rings. The first kappa shape index (κ1) is 17.7. The van der Waals surface area contributed by atoms with Gasteiger partial charge in [-0.2, -0.15) is 0 Å². The number of aryl methyl sites for hydroxylation is 1. The van der Waals surface area contributed by atoms with Crippen molar-refractivity contribution in [2.45, 2.75) is 45.6 Å². The summed E-state index contributed by atoms with van der Waals surface area (Å²) >= 11 is 0. The van der Waals surface area contributed by atoms with Crippen LogP contribution < -0.4 is 10.6 Å². The molecular weight excluding hydrogens is 290 g/mol. The van der Waals surface area contributed by atoms with Gasteiger partial charge in [-0.3, -0.25) is 4.99 Å². The lowest BCUT2D eigenvalue weighted by Crippen LogP contribution is -2.42. The van der Waals surface area contributed by atoms with Crippen molar-refractivity contribution in [3.8, 4) is 0 Å². The molecule has 130 valence electrons. The SMILES string of the molecule is CCc1nncn1CCNC(=NC)NCCN1CCCCCC1. The molecule has 0 unspecified atom stereocenters. The summed E-state index contributed by atoms with van der Waals surface area (Å²) in [5, 5.41) is 14.8. The van der Waals surface area contributed by atoms with Crippen LogP contribution in [0.15, 0.2) is 11.3 Å². The molecule has 2 heterocycles. The van der Waals surface area contributed by atoms with E-state index >= 15 is 0 Å². The first-order valence-corrected chi connectivity index (χ1v) is 8.87. The van der Waals surface area contributed by atoms with Crippen LogP contribution in [0, 0.1) is 0 Å². The van der Waals surface area contributed by atoms with Crippen molar-refractivity contribution in [2.75, 3.05) is 39.8 Å². The van der Waals surface area contributed by atoms with Gasteiger partial charge in [0.2, 0.25) is 0 Å². The minimum absolute atomic E-state index is 0.814. The van der Waals surface area contributed by atoms with Gasteiger partial charge in [0.25, 0.3) is 0 Å². The number of aromatic nitrogens is 3. The van der Waals surface area contributed by atoms with E-state index in [1.807, 2.05) is 7.05 Å². The number of nitrogens with one attached hydrogen (secondary N) is 2.